The number of pyridine rings is 1. The van der Waals surface area contributed by atoms with Crippen LogP contribution in [0.2, 0.25) is 10.0 Å². The van der Waals surface area contributed by atoms with E-state index in [1.165, 1.54) is 45.2 Å². The van der Waals surface area contributed by atoms with Crippen molar-refractivity contribution in [3.8, 4) is 0 Å². The predicted molar refractivity (Wildman–Crippen MR) is 88.0 cm³/mol. The molecule has 0 radical (unpaired) electrons. The van der Waals surface area contributed by atoms with E-state index in [2.05, 4.69) is 14.8 Å². The van der Waals surface area contributed by atoms with Crippen LogP contribution in [0.5, 0.6) is 0 Å². The molecule has 5 heteroatoms. The molecule has 1 aliphatic heterocycles. The lowest BCUT2D eigenvalue weighted by Gasteiger charge is -2.27. The van der Waals surface area contributed by atoms with Gasteiger partial charge in [-0.3, -0.25) is 14.8 Å². The van der Waals surface area contributed by atoms with Crippen LogP contribution in [0.3, 0.4) is 0 Å². The molecule has 0 N–H and O–H groups in total. The van der Waals surface area contributed by atoms with Gasteiger partial charge in [0.2, 0.25) is 0 Å². The third-order valence-corrected chi connectivity index (χ3v) is 5.45. The molecular formula is C16H23Cl2N3. The van der Waals surface area contributed by atoms with Crippen LogP contribution in [0.1, 0.15) is 37.7 Å². The number of rotatable bonds is 3. The Morgan fingerprint density at radius 2 is 1.67 bits per heavy atom. The number of hydrogen-bond acceptors (Lipinski definition) is 3. The molecule has 1 aliphatic carbocycles. The van der Waals surface area contributed by atoms with E-state index in [1.807, 2.05) is 0 Å². The number of hydrogen-bond donors (Lipinski definition) is 0. The fourth-order valence-electron chi connectivity index (χ4n) is 3.60. The van der Waals surface area contributed by atoms with Crippen LogP contribution in [0.4, 0.5) is 0 Å². The molecule has 21 heavy (non-hydrogen) atoms. The van der Waals surface area contributed by atoms with E-state index in [-0.39, 0.29) is 0 Å². The third-order valence-electron chi connectivity index (χ3n) is 4.80. The Hall–Kier alpha value is -0.350. The van der Waals surface area contributed by atoms with E-state index >= 15 is 0 Å². The maximum absolute atomic E-state index is 6.24. The molecule has 3 nitrogen and oxygen atoms in total. The SMILES string of the molecule is Clc1cncc(Cl)c1CN1CCCN(C2CCCC2)CC1. The highest BCUT2D eigenvalue weighted by Crippen LogP contribution is 2.27. The molecule has 0 atom stereocenters. The molecule has 2 aliphatic rings. The van der Waals surface area contributed by atoms with Crippen molar-refractivity contribution in [1.82, 2.24) is 14.8 Å². The first-order chi connectivity index (χ1) is 10.2. The van der Waals surface area contributed by atoms with Crippen LogP contribution in [-0.2, 0) is 6.54 Å². The molecular weight excluding hydrogens is 305 g/mol. The first-order valence-electron chi connectivity index (χ1n) is 7.98. The second kappa shape index (κ2) is 7.28. The average Bonchev–Trinajstić information content (AvgIpc) is 2.90. The number of nitrogens with zero attached hydrogens (tertiary/aromatic N) is 3. The van der Waals surface area contributed by atoms with Gasteiger partial charge >= 0.3 is 0 Å². The van der Waals surface area contributed by atoms with Crippen molar-refractivity contribution in [3.05, 3.63) is 28.0 Å². The van der Waals surface area contributed by atoms with Crippen LogP contribution in [-0.4, -0.2) is 47.0 Å². The second-order valence-electron chi connectivity index (χ2n) is 6.19. The lowest BCUT2D eigenvalue weighted by atomic mass is 10.2. The zero-order valence-electron chi connectivity index (χ0n) is 12.4. The zero-order valence-corrected chi connectivity index (χ0v) is 13.9. The van der Waals surface area contributed by atoms with E-state index in [0.29, 0.717) is 10.0 Å². The minimum Gasteiger partial charge on any atom is -0.299 e. The van der Waals surface area contributed by atoms with E-state index in [0.717, 1.165) is 31.2 Å². The summed E-state index contributed by atoms with van der Waals surface area (Å²) in [5.41, 5.74) is 1.02. The third kappa shape index (κ3) is 3.89. The van der Waals surface area contributed by atoms with Crippen molar-refractivity contribution in [2.24, 2.45) is 0 Å². The topological polar surface area (TPSA) is 19.4 Å². The molecule has 0 unspecified atom stereocenters. The highest BCUT2D eigenvalue weighted by molar-refractivity contribution is 6.35. The minimum absolute atomic E-state index is 0.680. The van der Waals surface area contributed by atoms with Crippen molar-refractivity contribution >= 4 is 23.2 Å². The summed E-state index contributed by atoms with van der Waals surface area (Å²) >= 11 is 12.5. The molecule has 0 aromatic carbocycles. The highest BCUT2D eigenvalue weighted by atomic mass is 35.5. The van der Waals surface area contributed by atoms with Gasteiger partial charge in [-0.05, 0) is 32.4 Å². The number of halogens is 2. The monoisotopic (exact) mass is 327 g/mol. The molecule has 1 saturated heterocycles. The smallest absolute Gasteiger partial charge is 0.0649 e. The summed E-state index contributed by atoms with van der Waals surface area (Å²) in [6.45, 7) is 5.46. The highest BCUT2D eigenvalue weighted by Gasteiger charge is 2.25. The van der Waals surface area contributed by atoms with Gasteiger partial charge in [-0.25, -0.2) is 0 Å². The lowest BCUT2D eigenvalue weighted by molar-refractivity contribution is 0.198. The Labute approximate surface area is 137 Å². The Morgan fingerprint density at radius 1 is 0.952 bits per heavy atom. The van der Waals surface area contributed by atoms with Gasteiger partial charge in [0.25, 0.3) is 0 Å². The van der Waals surface area contributed by atoms with Crippen molar-refractivity contribution in [1.29, 1.82) is 0 Å². The van der Waals surface area contributed by atoms with Crippen molar-refractivity contribution in [2.45, 2.75) is 44.7 Å². The van der Waals surface area contributed by atoms with E-state index < -0.39 is 0 Å². The summed E-state index contributed by atoms with van der Waals surface area (Å²) < 4.78 is 0. The zero-order chi connectivity index (χ0) is 14.7. The molecule has 0 bridgehead atoms. The van der Waals surface area contributed by atoms with Gasteiger partial charge in [-0.15, -0.1) is 0 Å². The molecule has 0 amide bonds. The van der Waals surface area contributed by atoms with Crippen LogP contribution >= 0.6 is 23.2 Å². The largest absolute Gasteiger partial charge is 0.299 e. The van der Waals surface area contributed by atoms with Gasteiger partial charge in [-0.2, -0.15) is 0 Å². The normalized spacial score (nSPS) is 22.6. The molecule has 0 spiro atoms. The van der Waals surface area contributed by atoms with Crippen molar-refractivity contribution in [3.63, 3.8) is 0 Å². The molecule has 1 aromatic heterocycles. The maximum Gasteiger partial charge on any atom is 0.0649 e. The molecule has 2 fully saturated rings. The summed E-state index contributed by atoms with van der Waals surface area (Å²) in [7, 11) is 0. The molecule has 2 heterocycles. The fraction of sp³-hybridized carbons (Fsp3) is 0.688. The van der Waals surface area contributed by atoms with E-state index in [4.69, 9.17) is 23.2 Å². The van der Waals surface area contributed by atoms with Gasteiger partial charge < -0.3 is 0 Å². The number of aromatic nitrogens is 1. The van der Waals surface area contributed by atoms with Crippen LogP contribution < -0.4 is 0 Å². The summed E-state index contributed by atoms with van der Waals surface area (Å²) in [6, 6.07) is 0.832. The molecule has 3 rings (SSSR count). The molecule has 1 saturated carbocycles. The van der Waals surface area contributed by atoms with Crippen LogP contribution in [0, 0.1) is 0 Å². The van der Waals surface area contributed by atoms with Crippen LogP contribution in [0.25, 0.3) is 0 Å². The van der Waals surface area contributed by atoms with Gasteiger partial charge in [0.05, 0.1) is 10.0 Å². The van der Waals surface area contributed by atoms with Crippen molar-refractivity contribution < 1.29 is 0 Å². The van der Waals surface area contributed by atoms with E-state index in [1.54, 1.807) is 12.4 Å². The lowest BCUT2D eigenvalue weighted by Crippen LogP contribution is -2.36. The Morgan fingerprint density at radius 3 is 2.38 bits per heavy atom. The molecule has 1 aromatic rings. The second-order valence-corrected chi connectivity index (χ2v) is 7.00. The summed E-state index contributed by atoms with van der Waals surface area (Å²) in [5.74, 6) is 0. The summed E-state index contributed by atoms with van der Waals surface area (Å²) in [6.07, 6.45) is 10.2. The van der Waals surface area contributed by atoms with Gasteiger partial charge in [0.15, 0.2) is 0 Å². The van der Waals surface area contributed by atoms with E-state index in [9.17, 15) is 0 Å². The Bertz CT molecular complexity index is 454. The minimum atomic E-state index is 0.680. The summed E-state index contributed by atoms with van der Waals surface area (Å²) in [4.78, 5) is 9.20. The average molecular weight is 328 g/mol. The molecule has 116 valence electrons. The van der Waals surface area contributed by atoms with Gasteiger partial charge in [-0.1, -0.05) is 36.0 Å². The van der Waals surface area contributed by atoms with Crippen LogP contribution in [0.15, 0.2) is 12.4 Å². The quantitative estimate of drug-likeness (QED) is 0.840. The Balaban J connectivity index is 1.60. The van der Waals surface area contributed by atoms with Crippen molar-refractivity contribution in [2.75, 3.05) is 26.2 Å². The Kier molecular flexibility index (Phi) is 5.38. The summed E-state index contributed by atoms with van der Waals surface area (Å²) in [5, 5.41) is 1.36. The van der Waals surface area contributed by atoms with Gasteiger partial charge in [0, 0.05) is 43.6 Å². The first-order valence-corrected chi connectivity index (χ1v) is 8.74. The first kappa shape index (κ1) is 15.5. The standard InChI is InChI=1S/C16H23Cl2N3/c17-15-10-19-11-16(18)14(15)12-20-6-3-7-21(9-8-20)13-4-1-2-5-13/h10-11,13H,1-9,12H2. The fourth-order valence-corrected chi connectivity index (χ4v) is 4.08. The predicted octanol–water partition coefficient (Wildman–Crippen LogP) is 3.84. The maximum atomic E-state index is 6.24. The van der Waals surface area contributed by atoms with Gasteiger partial charge in [0.1, 0.15) is 0 Å².